The molecule has 1 aromatic carbocycles. The van der Waals surface area contributed by atoms with Crippen LogP contribution in [0.2, 0.25) is 0 Å². The van der Waals surface area contributed by atoms with Gasteiger partial charge in [-0.25, -0.2) is 9.50 Å². The fourth-order valence-electron chi connectivity index (χ4n) is 2.26. The van der Waals surface area contributed by atoms with Gasteiger partial charge in [0.05, 0.1) is 18.5 Å². The van der Waals surface area contributed by atoms with E-state index in [0.717, 1.165) is 35.2 Å². The standard InChI is InChI=1S/C16H19N5O.C2H4O2/c1-22-9-8-18-15-6-7-16-19-11-14(21(16)20-15)13-4-2-12(10-17)3-5-13;1-2(3)4/h2-7,11H,8-10,17H2,1H3,(H,18,20);1H3,(H,3,4). The van der Waals surface area contributed by atoms with Crippen molar-refractivity contribution < 1.29 is 14.6 Å². The number of nitrogens with two attached hydrogens (primary N) is 1. The van der Waals surface area contributed by atoms with E-state index in [-0.39, 0.29) is 0 Å². The second kappa shape index (κ2) is 9.50. The molecule has 0 radical (unpaired) electrons. The minimum atomic E-state index is -0.833. The topological polar surface area (TPSA) is 115 Å². The zero-order valence-corrected chi connectivity index (χ0v) is 14.8. The lowest BCUT2D eigenvalue weighted by molar-refractivity contribution is -0.134. The molecule has 0 atom stereocenters. The first kappa shape index (κ1) is 19.4. The Balaban J connectivity index is 0.000000552. The molecule has 0 aliphatic heterocycles. The summed E-state index contributed by atoms with van der Waals surface area (Å²) in [5, 5.41) is 15.2. The zero-order chi connectivity index (χ0) is 18.9. The maximum Gasteiger partial charge on any atom is 0.300 e. The van der Waals surface area contributed by atoms with Crippen LogP contribution in [0.1, 0.15) is 12.5 Å². The van der Waals surface area contributed by atoms with Crippen LogP contribution in [-0.2, 0) is 16.1 Å². The summed E-state index contributed by atoms with van der Waals surface area (Å²) in [4.78, 5) is 13.4. The van der Waals surface area contributed by atoms with Crippen LogP contribution < -0.4 is 11.1 Å². The Labute approximate surface area is 151 Å². The number of rotatable bonds is 6. The monoisotopic (exact) mass is 357 g/mol. The number of hydrogen-bond acceptors (Lipinski definition) is 6. The maximum atomic E-state index is 9.00. The van der Waals surface area contributed by atoms with Crippen LogP contribution in [0.25, 0.3) is 16.9 Å². The fourth-order valence-corrected chi connectivity index (χ4v) is 2.26. The highest BCUT2D eigenvalue weighted by molar-refractivity contribution is 5.64. The summed E-state index contributed by atoms with van der Waals surface area (Å²) in [6, 6.07) is 12.0. The summed E-state index contributed by atoms with van der Waals surface area (Å²) >= 11 is 0. The number of methoxy groups -OCH3 is 1. The number of carbonyl (C=O) groups is 1. The summed E-state index contributed by atoms with van der Waals surface area (Å²) in [7, 11) is 1.68. The molecule has 0 fully saturated rings. The van der Waals surface area contributed by atoms with Crippen LogP contribution in [0.3, 0.4) is 0 Å². The minimum Gasteiger partial charge on any atom is -0.481 e. The molecule has 3 rings (SSSR count). The van der Waals surface area contributed by atoms with Gasteiger partial charge in [0.1, 0.15) is 5.82 Å². The lowest BCUT2D eigenvalue weighted by atomic mass is 10.1. The van der Waals surface area contributed by atoms with E-state index in [1.165, 1.54) is 0 Å². The number of nitrogens with one attached hydrogen (secondary N) is 1. The van der Waals surface area contributed by atoms with E-state index in [2.05, 4.69) is 15.4 Å². The summed E-state index contributed by atoms with van der Waals surface area (Å²) in [5.41, 5.74) is 9.57. The number of aliphatic carboxylic acids is 1. The van der Waals surface area contributed by atoms with E-state index in [1.54, 1.807) is 7.11 Å². The van der Waals surface area contributed by atoms with Gasteiger partial charge in [0.2, 0.25) is 0 Å². The van der Waals surface area contributed by atoms with Crippen molar-refractivity contribution in [2.45, 2.75) is 13.5 Å². The molecular formula is C18H23N5O3. The van der Waals surface area contributed by atoms with E-state index in [1.807, 2.05) is 47.1 Å². The number of ether oxygens (including phenoxy) is 1. The molecule has 3 aromatic rings. The van der Waals surface area contributed by atoms with Gasteiger partial charge in [-0.15, -0.1) is 5.10 Å². The molecule has 138 valence electrons. The van der Waals surface area contributed by atoms with Gasteiger partial charge < -0.3 is 20.9 Å². The number of anilines is 1. The highest BCUT2D eigenvalue weighted by Gasteiger charge is 2.08. The molecular weight excluding hydrogens is 334 g/mol. The summed E-state index contributed by atoms with van der Waals surface area (Å²) < 4.78 is 6.87. The van der Waals surface area contributed by atoms with Crippen molar-refractivity contribution in [3.05, 3.63) is 48.2 Å². The molecule has 0 unspecified atom stereocenters. The van der Waals surface area contributed by atoms with E-state index in [4.69, 9.17) is 20.4 Å². The van der Waals surface area contributed by atoms with E-state index < -0.39 is 5.97 Å². The molecule has 0 amide bonds. The zero-order valence-electron chi connectivity index (χ0n) is 14.8. The molecule has 2 aromatic heterocycles. The van der Waals surface area contributed by atoms with E-state index >= 15 is 0 Å². The first-order chi connectivity index (χ1) is 12.5. The third-order valence-electron chi connectivity index (χ3n) is 3.46. The predicted molar refractivity (Wildman–Crippen MR) is 100.0 cm³/mol. The Hall–Kier alpha value is -2.97. The molecule has 0 saturated heterocycles. The molecule has 2 heterocycles. The Morgan fingerprint density at radius 2 is 1.96 bits per heavy atom. The Kier molecular flexibility index (Phi) is 7.07. The molecule has 4 N–H and O–H groups in total. The minimum absolute atomic E-state index is 0.541. The smallest absolute Gasteiger partial charge is 0.300 e. The largest absolute Gasteiger partial charge is 0.481 e. The van der Waals surface area contributed by atoms with Gasteiger partial charge in [-0.2, -0.15) is 0 Å². The van der Waals surface area contributed by atoms with E-state index in [9.17, 15) is 0 Å². The van der Waals surface area contributed by atoms with Crippen LogP contribution in [0.4, 0.5) is 5.82 Å². The Morgan fingerprint density at radius 3 is 2.58 bits per heavy atom. The predicted octanol–water partition coefficient (Wildman–Crippen LogP) is 2.00. The molecule has 26 heavy (non-hydrogen) atoms. The van der Waals surface area contributed by atoms with Crippen molar-refractivity contribution in [1.82, 2.24) is 14.6 Å². The van der Waals surface area contributed by atoms with Crippen molar-refractivity contribution in [3.8, 4) is 11.3 Å². The SMILES string of the molecule is CC(=O)O.COCCNc1ccc2ncc(-c3ccc(CN)cc3)n2n1. The van der Waals surface area contributed by atoms with Crippen LogP contribution in [0.5, 0.6) is 0 Å². The number of fused-ring (bicyclic) bond motifs is 1. The number of nitrogens with zero attached hydrogens (tertiary/aromatic N) is 3. The number of imidazole rings is 1. The molecule has 0 saturated carbocycles. The lowest BCUT2D eigenvalue weighted by Crippen LogP contribution is -2.10. The van der Waals surface area contributed by atoms with Crippen LogP contribution in [-0.4, -0.2) is 45.9 Å². The number of carboxylic acid groups (broad SMARTS) is 1. The third-order valence-corrected chi connectivity index (χ3v) is 3.46. The van der Waals surface area contributed by atoms with E-state index in [0.29, 0.717) is 19.7 Å². The molecule has 0 aliphatic carbocycles. The van der Waals surface area contributed by atoms with Gasteiger partial charge in [0.25, 0.3) is 5.97 Å². The normalized spacial score (nSPS) is 10.3. The van der Waals surface area contributed by atoms with Crippen LogP contribution in [0, 0.1) is 0 Å². The van der Waals surface area contributed by atoms with Crippen molar-refractivity contribution in [2.75, 3.05) is 25.6 Å². The van der Waals surface area contributed by atoms with Crippen LogP contribution in [0.15, 0.2) is 42.6 Å². The highest BCUT2D eigenvalue weighted by Crippen LogP contribution is 2.21. The highest BCUT2D eigenvalue weighted by atomic mass is 16.5. The molecule has 0 spiro atoms. The summed E-state index contributed by atoms with van der Waals surface area (Å²) in [6.07, 6.45) is 1.83. The number of hydrogen-bond donors (Lipinski definition) is 3. The van der Waals surface area contributed by atoms with Crippen LogP contribution >= 0.6 is 0 Å². The van der Waals surface area contributed by atoms with Gasteiger partial charge >= 0.3 is 0 Å². The molecule has 8 heteroatoms. The van der Waals surface area contributed by atoms with Crippen molar-refractivity contribution >= 4 is 17.4 Å². The second-order valence-electron chi connectivity index (χ2n) is 5.47. The average Bonchev–Trinajstić information content (AvgIpc) is 3.05. The third kappa shape index (κ3) is 5.27. The summed E-state index contributed by atoms with van der Waals surface area (Å²) in [6.45, 7) is 2.97. The number of aromatic nitrogens is 3. The van der Waals surface area contributed by atoms with Gasteiger partial charge in [-0.05, 0) is 17.7 Å². The fraction of sp³-hybridized carbons (Fsp3) is 0.278. The first-order valence-corrected chi connectivity index (χ1v) is 8.11. The number of benzene rings is 1. The number of carboxylic acids is 1. The maximum absolute atomic E-state index is 9.00. The van der Waals surface area contributed by atoms with Gasteiger partial charge in [-0.1, -0.05) is 24.3 Å². The molecule has 0 bridgehead atoms. The quantitative estimate of drug-likeness (QED) is 0.578. The van der Waals surface area contributed by atoms with Crippen molar-refractivity contribution in [3.63, 3.8) is 0 Å². The second-order valence-corrected chi connectivity index (χ2v) is 5.47. The Bertz CT molecular complexity index is 842. The van der Waals surface area contributed by atoms with Crippen molar-refractivity contribution in [1.29, 1.82) is 0 Å². The average molecular weight is 357 g/mol. The molecule has 8 nitrogen and oxygen atoms in total. The first-order valence-electron chi connectivity index (χ1n) is 8.11. The van der Waals surface area contributed by atoms with Gasteiger partial charge in [-0.3, -0.25) is 4.79 Å². The molecule has 0 aliphatic rings. The Morgan fingerprint density at radius 1 is 1.27 bits per heavy atom. The van der Waals surface area contributed by atoms with Crippen molar-refractivity contribution in [2.24, 2.45) is 5.73 Å². The lowest BCUT2D eigenvalue weighted by Gasteiger charge is -2.07. The van der Waals surface area contributed by atoms with Gasteiger partial charge in [0, 0.05) is 32.7 Å². The summed E-state index contributed by atoms with van der Waals surface area (Å²) in [5.74, 6) is -0.0395. The van der Waals surface area contributed by atoms with Gasteiger partial charge in [0.15, 0.2) is 5.65 Å².